The van der Waals surface area contributed by atoms with Crippen LogP contribution >= 0.6 is 11.6 Å². The van der Waals surface area contributed by atoms with Crippen molar-refractivity contribution in [3.63, 3.8) is 0 Å². The number of nitrogens with zero attached hydrogens (tertiary/aromatic N) is 2. The standard InChI is InChI=1S/C13H13ClN2.CH2O2/c1-8-7-15-9(2)5-12(8)11-4-10(3)16-13(14)6-11;2-1-3/h4-7H,1-3H3;1H,(H,2,3). The Labute approximate surface area is 117 Å². The number of halogens is 1. The van der Waals surface area contributed by atoms with E-state index in [0.29, 0.717) is 5.15 Å². The molecule has 0 fully saturated rings. The van der Waals surface area contributed by atoms with E-state index in [1.807, 2.05) is 39.1 Å². The van der Waals surface area contributed by atoms with Crippen molar-refractivity contribution in [3.05, 3.63) is 46.5 Å². The van der Waals surface area contributed by atoms with Gasteiger partial charge in [-0.15, -0.1) is 0 Å². The molecule has 2 aromatic rings. The fraction of sp³-hybridized carbons (Fsp3) is 0.214. The van der Waals surface area contributed by atoms with Crippen LogP contribution in [0, 0.1) is 20.8 Å². The first-order valence-corrected chi connectivity index (χ1v) is 6.01. The van der Waals surface area contributed by atoms with E-state index in [-0.39, 0.29) is 6.47 Å². The van der Waals surface area contributed by atoms with Gasteiger partial charge in [-0.25, -0.2) is 4.98 Å². The quantitative estimate of drug-likeness (QED) is 0.641. The summed E-state index contributed by atoms with van der Waals surface area (Å²) in [5.41, 5.74) is 5.34. The van der Waals surface area contributed by atoms with E-state index >= 15 is 0 Å². The number of aryl methyl sites for hydroxylation is 3. The summed E-state index contributed by atoms with van der Waals surface area (Å²) in [6.45, 7) is 5.72. The van der Waals surface area contributed by atoms with Crippen molar-refractivity contribution < 1.29 is 9.90 Å². The van der Waals surface area contributed by atoms with Gasteiger partial charge in [-0.2, -0.15) is 0 Å². The molecule has 0 atom stereocenters. The lowest BCUT2D eigenvalue weighted by molar-refractivity contribution is -0.122. The van der Waals surface area contributed by atoms with Gasteiger partial charge in [0.2, 0.25) is 0 Å². The summed E-state index contributed by atoms with van der Waals surface area (Å²) in [5, 5.41) is 7.42. The topological polar surface area (TPSA) is 63.1 Å². The first-order valence-electron chi connectivity index (χ1n) is 5.63. The van der Waals surface area contributed by atoms with Crippen LogP contribution in [0.15, 0.2) is 24.4 Å². The number of carbonyl (C=O) groups is 1. The second-order valence-electron chi connectivity index (χ2n) is 4.07. The maximum absolute atomic E-state index is 8.36. The molecule has 5 heteroatoms. The Kier molecular flexibility index (Phi) is 5.45. The highest BCUT2D eigenvalue weighted by molar-refractivity contribution is 6.29. The third-order valence-corrected chi connectivity index (χ3v) is 2.67. The Morgan fingerprint density at radius 2 is 1.79 bits per heavy atom. The molecule has 0 radical (unpaired) electrons. The van der Waals surface area contributed by atoms with Crippen LogP contribution in [0.5, 0.6) is 0 Å². The van der Waals surface area contributed by atoms with Crippen LogP contribution in [0.2, 0.25) is 5.15 Å². The predicted molar refractivity (Wildman–Crippen MR) is 75.4 cm³/mol. The van der Waals surface area contributed by atoms with Gasteiger partial charge in [0, 0.05) is 17.6 Å². The molecule has 0 saturated heterocycles. The highest BCUT2D eigenvalue weighted by atomic mass is 35.5. The molecule has 100 valence electrons. The van der Waals surface area contributed by atoms with Crippen LogP contribution in [0.25, 0.3) is 11.1 Å². The minimum absolute atomic E-state index is 0.250. The number of carboxylic acid groups (broad SMARTS) is 1. The number of hydrogen-bond donors (Lipinski definition) is 1. The van der Waals surface area contributed by atoms with E-state index in [1.165, 1.54) is 5.56 Å². The van der Waals surface area contributed by atoms with Gasteiger partial charge in [-0.1, -0.05) is 11.6 Å². The minimum Gasteiger partial charge on any atom is -0.483 e. The molecule has 0 aromatic carbocycles. The van der Waals surface area contributed by atoms with E-state index in [9.17, 15) is 0 Å². The van der Waals surface area contributed by atoms with Crippen molar-refractivity contribution in [2.75, 3.05) is 0 Å². The summed E-state index contributed by atoms with van der Waals surface area (Å²) in [5.74, 6) is 0. The van der Waals surface area contributed by atoms with Crippen molar-refractivity contribution in [3.8, 4) is 11.1 Å². The zero-order valence-electron chi connectivity index (χ0n) is 11.0. The summed E-state index contributed by atoms with van der Waals surface area (Å²) in [6, 6.07) is 5.99. The largest absolute Gasteiger partial charge is 0.483 e. The van der Waals surface area contributed by atoms with E-state index in [4.69, 9.17) is 21.5 Å². The predicted octanol–water partition coefficient (Wildman–Crippen LogP) is 3.42. The highest BCUT2D eigenvalue weighted by Gasteiger charge is 2.05. The fourth-order valence-electron chi connectivity index (χ4n) is 1.72. The number of rotatable bonds is 1. The van der Waals surface area contributed by atoms with Gasteiger partial charge < -0.3 is 5.11 Å². The Bertz CT molecular complexity index is 565. The van der Waals surface area contributed by atoms with Crippen LogP contribution in [0.4, 0.5) is 0 Å². The van der Waals surface area contributed by atoms with Gasteiger partial charge in [0.15, 0.2) is 0 Å². The normalized spacial score (nSPS) is 9.47. The molecule has 2 aromatic heterocycles. The zero-order valence-corrected chi connectivity index (χ0v) is 11.8. The van der Waals surface area contributed by atoms with E-state index in [0.717, 1.165) is 22.5 Å². The van der Waals surface area contributed by atoms with Crippen molar-refractivity contribution in [1.82, 2.24) is 9.97 Å². The van der Waals surface area contributed by atoms with Gasteiger partial charge in [0.25, 0.3) is 6.47 Å². The van der Waals surface area contributed by atoms with Crippen molar-refractivity contribution in [2.45, 2.75) is 20.8 Å². The Balaban J connectivity index is 0.000000550. The maximum atomic E-state index is 8.36. The molecular formula is C14H15ClN2O2. The smallest absolute Gasteiger partial charge is 0.290 e. The summed E-state index contributed by atoms with van der Waals surface area (Å²) < 4.78 is 0. The molecule has 2 heterocycles. The lowest BCUT2D eigenvalue weighted by Crippen LogP contribution is -1.90. The first kappa shape index (κ1) is 15.1. The van der Waals surface area contributed by atoms with Crippen LogP contribution in [0.1, 0.15) is 17.0 Å². The summed E-state index contributed by atoms with van der Waals surface area (Å²) in [4.78, 5) is 16.8. The Hall–Kier alpha value is -1.94. The lowest BCUT2D eigenvalue weighted by atomic mass is 10.0. The molecule has 1 N–H and O–H groups in total. The minimum atomic E-state index is -0.250. The molecule has 0 amide bonds. The molecule has 0 bridgehead atoms. The molecule has 0 unspecified atom stereocenters. The highest BCUT2D eigenvalue weighted by Crippen LogP contribution is 2.25. The van der Waals surface area contributed by atoms with Gasteiger partial charge >= 0.3 is 0 Å². The summed E-state index contributed by atoms with van der Waals surface area (Å²) in [6.07, 6.45) is 1.88. The SMILES string of the molecule is Cc1cc(-c2cc(C)nc(Cl)c2)c(C)cn1.O=CO. The van der Waals surface area contributed by atoms with Crippen molar-refractivity contribution in [2.24, 2.45) is 0 Å². The van der Waals surface area contributed by atoms with E-state index in [1.54, 1.807) is 0 Å². The van der Waals surface area contributed by atoms with E-state index < -0.39 is 0 Å². The number of hydrogen-bond acceptors (Lipinski definition) is 3. The molecule has 0 aliphatic rings. The third kappa shape index (κ3) is 4.34. The second-order valence-corrected chi connectivity index (χ2v) is 4.45. The molecule has 4 nitrogen and oxygen atoms in total. The van der Waals surface area contributed by atoms with Gasteiger partial charge in [-0.3, -0.25) is 9.78 Å². The molecule has 2 rings (SSSR count). The number of aromatic nitrogens is 2. The lowest BCUT2D eigenvalue weighted by Gasteiger charge is -2.08. The first-order chi connectivity index (χ1) is 8.97. The third-order valence-electron chi connectivity index (χ3n) is 2.47. The van der Waals surface area contributed by atoms with Crippen LogP contribution in [-0.4, -0.2) is 21.5 Å². The van der Waals surface area contributed by atoms with Gasteiger partial charge in [0.05, 0.1) is 0 Å². The summed E-state index contributed by atoms with van der Waals surface area (Å²) in [7, 11) is 0. The fourth-order valence-corrected chi connectivity index (χ4v) is 1.97. The molecule has 0 aliphatic heterocycles. The molecule has 0 saturated carbocycles. The maximum Gasteiger partial charge on any atom is 0.290 e. The van der Waals surface area contributed by atoms with Crippen LogP contribution in [-0.2, 0) is 4.79 Å². The zero-order chi connectivity index (χ0) is 14.4. The average molecular weight is 279 g/mol. The Morgan fingerprint density at radius 1 is 1.16 bits per heavy atom. The van der Waals surface area contributed by atoms with Crippen LogP contribution < -0.4 is 0 Å². The molecular weight excluding hydrogens is 264 g/mol. The average Bonchev–Trinajstić information content (AvgIpc) is 2.32. The number of pyridine rings is 2. The molecule has 0 aliphatic carbocycles. The van der Waals surface area contributed by atoms with Crippen molar-refractivity contribution >= 4 is 18.1 Å². The van der Waals surface area contributed by atoms with Gasteiger partial charge in [-0.05, 0) is 55.7 Å². The molecule has 19 heavy (non-hydrogen) atoms. The Morgan fingerprint density at radius 3 is 2.37 bits per heavy atom. The van der Waals surface area contributed by atoms with Gasteiger partial charge in [0.1, 0.15) is 5.15 Å². The molecule has 0 spiro atoms. The second kappa shape index (κ2) is 6.85. The van der Waals surface area contributed by atoms with Crippen molar-refractivity contribution in [1.29, 1.82) is 0 Å². The van der Waals surface area contributed by atoms with Crippen LogP contribution in [0.3, 0.4) is 0 Å². The summed E-state index contributed by atoms with van der Waals surface area (Å²) >= 11 is 5.97. The van der Waals surface area contributed by atoms with E-state index in [2.05, 4.69) is 16.0 Å². The monoisotopic (exact) mass is 278 g/mol.